The molecule has 0 unspecified atom stereocenters. The van der Waals surface area contributed by atoms with Gasteiger partial charge in [0.2, 0.25) is 0 Å². The summed E-state index contributed by atoms with van der Waals surface area (Å²) in [5, 5.41) is 3.04. The minimum Gasteiger partial charge on any atom is -0.444 e. The Kier molecular flexibility index (Phi) is 5.28. The van der Waals surface area contributed by atoms with E-state index in [9.17, 15) is 14.4 Å². The molecule has 0 atom stereocenters. The fraction of sp³-hybridized carbons (Fsp3) is 0.421. The van der Waals surface area contributed by atoms with E-state index in [-0.39, 0.29) is 6.09 Å². The number of nitrogens with one attached hydrogen (secondary N) is 1. The molecule has 144 valence electrons. The predicted molar refractivity (Wildman–Crippen MR) is 109 cm³/mol. The van der Waals surface area contributed by atoms with E-state index in [0.29, 0.717) is 37.6 Å². The second-order valence-corrected chi connectivity index (χ2v) is 8.39. The van der Waals surface area contributed by atoms with Crippen molar-refractivity contribution < 1.29 is 9.53 Å². The summed E-state index contributed by atoms with van der Waals surface area (Å²) in [4.78, 5) is 39.8. The number of hydrogen-bond acceptors (Lipinski definition) is 6. The molecule has 1 heterocycles. The molecule has 0 radical (unpaired) electrons. The maximum atomic E-state index is 12.2. The molecule has 1 fully saturated rings. The van der Waals surface area contributed by atoms with Crippen molar-refractivity contribution in [1.29, 1.82) is 0 Å². The Morgan fingerprint density at radius 1 is 1.11 bits per heavy atom. The van der Waals surface area contributed by atoms with Crippen molar-refractivity contribution >= 4 is 39.1 Å². The Morgan fingerprint density at radius 3 is 2.37 bits per heavy atom. The van der Waals surface area contributed by atoms with Gasteiger partial charge in [-0.1, -0.05) is 22.0 Å². The lowest BCUT2D eigenvalue weighted by molar-refractivity contribution is 0.0240. The molecule has 1 amide bonds. The highest BCUT2D eigenvalue weighted by Gasteiger charge is 2.31. The third kappa shape index (κ3) is 4.32. The van der Waals surface area contributed by atoms with Crippen LogP contribution in [-0.4, -0.2) is 42.8 Å². The zero-order valence-corrected chi connectivity index (χ0v) is 17.1. The van der Waals surface area contributed by atoms with Crippen LogP contribution in [-0.2, 0) is 4.74 Å². The number of carbonyl (C=O) groups excluding carboxylic acids is 1. The van der Waals surface area contributed by atoms with Gasteiger partial charge >= 0.3 is 6.09 Å². The fourth-order valence-electron chi connectivity index (χ4n) is 2.95. The van der Waals surface area contributed by atoms with Crippen molar-refractivity contribution in [3.63, 3.8) is 0 Å². The molecule has 8 heteroatoms. The van der Waals surface area contributed by atoms with Gasteiger partial charge in [-0.2, -0.15) is 0 Å². The first kappa shape index (κ1) is 19.4. The number of anilines is 3. The summed E-state index contributed by atoms with van der Waals surface area (Å²) in [6.45, 7) is 7.28. The molecule has 3 rings (SSSR count). The zero-order chi connectivity index (χ0) is 19.8. The first-order chi connectivity index (χ1) is 12.7. The maximum Gasteiger partial charge on any atom is 0.410 e. The monoisotopic (exact) mass is 435 g/mol. The molecule has 1 N–H and O–H groups in total. The summed E-state index contributed by atoms with van der Waals surface area (Å²) in [5.41, 5.74) is -0.121. The molecular formula is C19H22BrN3O4. The van der Waals surface area contributed by atoms with Crippen LogP contribution in [0.1, 0.15) is 20.8 Å². The van der Waals surface area contributed by atoms with Crippen LogP contribution in [0.15, 0.2) is 38.3 Å². The number of rotatable bonds is 3. The molecular weight excluding hydrogens is 414 g/mol. The average molecular weight is 436 g/mol. The van der Waals surface area contributed by atoms with Crippen molar-refractivity contribution in [1.82, 2.24) is 4.90 Å². The lowest BCUT2D eigenvalue weighted by atomic mass is 10.1. The number of halogens is 1. The second-order valence-electron chi connectivity index (χ2n) is 7.47. The molecule has 2 aromatic rings. The molecule has 7 nitrogen and oxygen atoms in total. The maximum absolute atomic E-state index is 12.2. The minimum absolute atomic E-state index is 0.309. The van der Waals surface area contributed by atoms with Crippen molar-refractivity contribution in [3.8, 4) is 0 Å². The van der Waals surface area contributed by atoms with Crippen molar-refractivity contribution in [3.05, 3.63) is 49.2 Å². The summed E-state index contributed by atoms with van der Waals surface area (Å²) >= 11 is 3.38. The first-order valence-corrected chi connectivity index (χ1v) is 9.54. The van der Waals surface area contributed by atoms with Crippen LogP contribution in [0.3, 0.4) is 0 Å². The van der Waals surface area contributed by atoms with Gasteiger partial charge in [-0.3, -0.25) is 9.59 Å². The highest BCUT2D eigenvalue weighted by molar-refractivity contribution is 9.10. The number of amides is 1. The van der Waals surface area contributed by atoms with Gasteiger partial charge in [-0.25, -0.2) is 4.79 Å². The Morgan fingerprint density at radius 2 is 1.78 bits per heavy atom. The van der Waals surface area contributed by atoms with E-state index >= 15 is 0 Å². The number of carbonyl (C=O) groups is 1. The van der Waals surface area contributed by atoms with Gasteiger partial charge in [0.05, 0.1) is 0 Å². The number of piperazine rings is 1. The summed E-state index contributed by atoms with van der Waals surface area (Å²) in [6, 6.07) is 7.38. The van der Waals surface area contributed by atoms with Crippen molar-refractivity contribution in [2.45, 2.75) is 26.4 Å². The largest absolute Gasteiger partial charge is 0.444 e. The van der Waals surface area contributed by atoms with Gasteiger partial charge in [-0.15, -0.1) is 0 Å². The third-order valence-electron chi connectivity index (χ3n) is 4.23. The van der Waals surface area contributed by atoms with E-state index in [1.54, 1.807) is 4.90 Å². The molecule has 0 aromatic heterocycles. The van der Waals surface area contributed by atoms with Gasteiger partial charge in [0, 0.05) is 36.3 Å². The zero-order valence-electron chi connectivity index (χ0n) is 15.5. The van der Waals surface area contributed by atoms with E-state index in [2.05, 4.69) is 21.2 Å². The van der Waals surface area contributed by atoms with E-state index in [1.165, 1.54) is 0 Å². The molecule has 0 bridgehead atoms. The quantitative estimate of drug-likeness (QED) is 0.746. The molecule has 1 aliphatic heterocycles. The predicted octanol–water partition coefficient (Wildman–Crippen LogP) is 2.85. The van der Waals surface area contributed by atoms with Crippen LogP contribution in [0.5, 0.6) is 0 Å². The van der Waals surface area contributed by atoms with Crippen LogP contribution in [0, 0.1) is 0 Å². The lowest BCUT2D eigenvalue weighted by Gasteiger charge is -2.37. The van der Waals surface area contributed by atoms with Gasteiger partial charge in [0.25, 0.3) is 10.9 Å². The standard InChI is InChI=1S/C19H22BrN3O4/c1-19(2,3)27-18(26)23-9-7-22(8-10-23)15-14(16(24)17(15)25)21-13-6-4-5-12(20)11-13/h4-6,11,21H,7-10H2,1-3H3. The molecule has 0 saturated carbocycles. The van der Waals surface area contributed by atoms with E-state index in [1.807, 2.05) is 49.9 Å². The van der Waals surface area contributed by atoms with E-state index < -0.39 is 16.5 Å². The Labute approximate surface area is 165 Å². The van der Waals surface area contributed by atoms with Crippen LogP contribution >= 0.6 is 15.9 Å². The van der Waals surface area contributed by atoms with Gasteiger partial charge in [-0.05, 0) is 39.0 Å². The summed E-state index contributed by atoms with van der Waals surface area (Å²) < 4.78 is 6.26. The third-order valence-corrected chi connectivity index (χ3v) is 4.72. The molecule has 0 spiro atoms. The van der Waals surface area contributed by atoms with Crippen molar-refractivity contribution in [2.75, 3.05) is 36.4 Å². The van der Waals surface area contributed by atoms with Crippen LogP contribution in [0.4, 0.5) is 21.9 Å². The van der Waals surface area contributed by atoms with Crippen LogP contribution in [0.2, 0.25) is 0 Å². The normalized spacial score (nSPS) is 15.1. The highest BCUT2D eigenvalue weighted by atomic mass is 79.9. The highest BCUT2D eigenvalue weighted by Crippen LogP contribution is 2.26. The molecule has 27 heavy (non-hydrogen) atoms. The van der Waals surface area contributed by atoms with E-state index in [4.69, 9.17) is 4.74 Å². The Balaban J connectivity index is 1.69. The summed E-state index contributed by atoms with van der Waals surface area (Å²) in [6.07, 6.45) is -0.361. The second kappa shape index (κ2) is 7.34. The number of ether oxygens (including phenoxy) is 1. The fourth-order valence-corrected chi connectivity index (χ4v) is 3.35. The Bertz CT molecular complexity index is 920. The molecule has 0 aliphatic carbocycles. The lowest BCUT2D eigenvalue weighted by Crippen LogP contribution is -2.53. The smallest absolute Gasteiger partial charge is 0.410 e. The van der Waals surface area contributed by atoms with Crippen LogP contribution < -0.4 is 21.1 Å². The number of nitrogens with zero attached hydrogens (tertiary/aromatic N) is 2. The van der Waals surface area contributed by atoms with E-state index in [0.717, 1.165) is 10.2 Å². The van der Waals surface area contributed by atoms with Crippen LogP contribution in [0.25, 0.3) is 0 Å². The summed E-state index contributed by atoms with van der Waals surface area (Å²) in [5.74, 6) is 0. The number of hydrogen-bond donors (Lipinski definition) is 1. The Hall–Kier alpha value is -2.35. The minimum atomic E-state index is -0.547. The molecule has 2 aromatic carbocycles. The first-order valence-electron chi connectivity index (χ1n) is 8.74. The average Bonchev–Trinajstić information content (AvgIpc) is 2.60. The molecule has 1 saturated heterocycles. The summed E-state index contributed by atoms with van der Waals surface area (Å²) in [7, 11) is 0. The van der Waals surface area contributed by atoms with Gasteiger partial charge < -0.3 is 19.9 Å². The molecule has 1 aliphatic rings. The number of benzene rings is 1. The SMILES string of the molecule is CC(C)(C)OC(=O)N1CCN(c2c(Nc3cccc(Br)c3)c(=O)c2=O)CC1. The van der Waals surface area contributed by atoms with Crippen molar-refractivity contribution in [2.24, 2.45) is 0 Å². The van der Waals surface area contributed by atoms with Gasteiger partial charge in [0.1, 0.15) is 17.0 Å². The topological polar surface area (TPSA) is 79.0 Å². The van der Waals surface area contributed by atoms with Gasteiger partial charge in [0.15, 0.2) is 0 Å².